The van der Waals surface area contributed by atoms with Gasteiger partial charge in [-0.15, -0.1) is 0 Å². The second-order valence-corrected chi connectivity index (χ2v) is 10.6. The first kappa shape index (κ1) is 24.6. The number of carbonyl (C=O) groups is 1. The number of para-hydroxylation sites is 3. The highest BCUT2D eigenvalue weighted by Crippen LogP contribution is 2.36. The summed E-state index contributed by atoms with van der Waals surface area (Å²) < 4.78 is 39.9. The number of benzene rings is 3. The zero-order valence-electron chi connectivity index (χ0n) is 20.1. The third-order valence-corrected chi connectivity index (χ3v) is 7.63. The molecule has 35 heavy (non-hydrogen) atoms. The fraction of sp³-hybridized carbons (Fsp3) is 0.296. The van der Waals surface area contributed by atoms with Crippen LogP contribution in [0.3, 0.4) is 0 Å². The summed E-state index contributed by atoms with van der Waals surface area (Å²) in [5.74, 6) is 1.05. The number of hydrogen-bond donors (Lipinski definition) is 1. The number of hydrogen-bond acceptors (Lipinski definition) is 5. The van der Waals surface area contributed by atoms with Crippen LogP contribution in [0.5, 0.6) is 11.5 Å². The van der Waals surface area contributed by atoms with E-state index in [1.165, 1.54) is 4.31 Å². The number of sulfonamides is 1. The summed E-state index contributed by atoms with van der Waals surface area (Å²) in [4.78, 5) is 13.1. The highest BCUT2D eigenvalue weighted by Gasteiger charge is 2.37. The number of fused-ring (bicyclic) bond motifs is 1. The summed E-state index contributed by atoms with van der Waals surface area (Å²) in [5, 5.41) is 2.81. The Morgan fingerprint density at radius 2 is 1.74 bits per heavy atom. The predicted molar refractivity (Wildman–Crippen MR) is 136 cm³/mol. The number of nitrogens with zero attached hydrogens (tertiary/aromatic N) is 1. The minimum Gasteiger partial charge on any atom is -0.491 e. The molecule has 0 bridgehead atoms. The van der Waals surface area contributed by atoms with Gasteiger partial charge in [0.1, 0.15) is 18.1 Å². The molecule has 0 saturated heterocycles. The Labute approximate surface area is 206 Å². The molecular formula is C27H30N2O5S. The molecule has 8 heteroatoms. The highest BCUT2D eigenvalue weighted by molar-refractivity contribution is 7.92. The molecule has 7 nitrogen and oxygen atoms in total. The first-order valence-corrected chi connectivity index (χ1v) is 13.1. The van der Waals surface area contributed by atoms with Crippen LogP contribution in [0, 0.1) is 6.92 Å². The van der Waals surface area contributed by atoms with Crippen molar-refractivity contribution >= 4 is 21.6 Å². The minimum absolute atomic E-state index is 0.129. The van der Waals surface area contributed by atoms with Crippen molar-refractivity contribution in [3.63, 3.8) is 0 Å². The van der Waals surface area contributed by atoms with Crippen LogP contribution in [0.15, 0.2) is 77.7 Å². The second kappa shape index (κ2) is 10.4. The van der Waals surface area contributed by atoms with Gasteiger partial charge in [-0.1, -0.05) is 61.9 Å². The van der Waals surface area contributed by atoms with Gasteiger partial charge in [0.2, 0.25) is 0 Å². The smallest absolute Gasteiger partial charge is 0.264 e. The Bertz CT molecular complexity index is 1290. The average molecular weight is 495 g/mol. The van der Waals surface area contributed by atoms with Gasteiger partial charge in [-0.2, -0.15) is 0 Å². The number of anilines is 1. The number of aryl methyl sites for hydroxylation is 1. The summed E-state index contributed by atoms with van der Waals surface area (Å²) in [6.45, 7) is 6.50. The number of carbonyl (C=O) groups excluding carboxylic acids is 1. The van der Waals surface area contributed by atoms with Crippen molar-refractivity contribution in [1.29, 1.82) is 0 Å². The van der Waals surface area contributed by atoms with Gasteiger partial charge in [-0.05, 0) is 48.7 Å². The SMILES string of the molecule is Cc1ccc(S(=O)(=O)N2C[C@@H](C(=O)NCCOc3ccccc3C(C)C)Oc3ccccc32)cc1. The van der Waals surface area contributed by atoms with E-state index in [1.54, 1.807) is 48.5 Å². The molecule has 4 rings (SSSR count). The monoisotopic (exact) mass is 494 g/mol. The summed E-state index contributed by atoms with van der Waals surface area (Å²) in [7, 11) is -3.88. The fourth-order valence-corrected chi connectivity index (χ4v) is 5.42. The Morgan fingerprint density at radius 1 is 1.06 bits per heavy atom. The molecule has 1 aliphatic rings. The van der Waals surface area contributed by atoms with Gasteiger partial charge in [-0.25, -0.2) is 8.42 Å². The van der Waals surface area contributed by atoms with Gasteiger partial charge >= 0.3 is 0 Å². The molecule has 1 heterocycles. The van der Waals surface area contributed by atoms with Crippen molar-refractivity contribution in [3.05, 3.63) is 83.9 Å². The van der Waals surface area contributed by atoms with E-state index in [4.69, 9.17) is 9.47 Å². The van der Waals surface area contributed by atoms with Gasteiger partial charge in [0.15, 0.2) is 6.10 Å². The zero-order chi connectivity index (χ0) is 25.0. The van der Waals surface area contributed by atoms with Crippen molar-refractivity contribution in [3.8, 4) is 11.5 Å². The largest absolute Gasteiger partial charge is 0.491 e. The molecule has 1 amide bonds. The van der Waals surface area contributed by atoms with Crippen molar-refractivity contribution in [2.75, 3.05) is 24.0 Å². The number of amides is 1. The maximum atomic E-state index is 13.5. The summed E-state index contributed by atoms with van der Waals surface area (Å²) in [6.07, 6.45) is -0.993. The van der Waals surface area contributed by atoms with E-state index in [0.29, 0.717) is 17.4 Å². The lowest BCUT2D eigenvalue weighted by Gasteiger charge is -2.34. The molecule has 0 radical (unpaired) electrons. The molecule has 3 aromatic rings. The highest BCUT2D eigenvalue weighted by atomic mass is 32.2. The minimum atomic E-state index is -3.88. The maximum absolute atomic E-state index is 13.5. The summed E-state index contributed by atoms with van der Waals surface area (Å²) in [6, 6.07) is 21.3. The Hall–Kier alpha value is -3.52. The standard InChI is InChI=1S/C27H30N2O5S/c1-19(2)22-8-4-6-10-24(22)33-17-16-28-27(30)26-18-29(23-9-5-7-11-25(23)34-26)35(31,32)21-14-12-20(3)13-15-21/h4-15,19,26H,16-18H2,1-3H3,(H,28,30)/t26-/m0/s1. The van der Waals surface area contributed by atoms with Gasteiger partial charge < -0.3 is 14.8 Å². The molecule has 0 saturated carbocycles. The molecule has 0 spiro atoms. The van der Waals surface area contributed by atoms with E-state index < -0.39 is 22.0 Å². The second-order valence-electron chi connectivity index (χ2n) is 8.76. The molecule has 0 fully saturated rings. The van der Waals surface area contributed by atoms with Crippen molar-refractivity contribution in [2.45, 2.75) is 37.7 Å². The topological polar surface area (TPSA) is 84.9 Å². The van der Waals surface area contributed by atoms with Crippen LogP contribution in [0.4, 0.5) is 5.69 Å². The third kappa shape index (κ3) is 5.43. The van der Waals surface area contributed by atoms with E-state index in [9.17, 15) is 13.2 Å². The number of ether oxygens (including phenoxy) is 2. The van der Waals surface area contributed by atoms with Crippen LogP contribution in [-0.4, -0.2) is 40.1 Å². The van der Waals surface area contributed by atoms with Gasteiger partial charge in [0.25, 0.3) is 15.9 Å². The zero-order valence-corrected chi connectivity index (χ0v) is 20.9. The quantitative estimate of drug-likeness (QED) is 0.473. The van der Waals surface area contributed by atoms with Crippen LogP contribution >= 0.6 is 0 Å². The van der Waals surface area contributed by atoms with Gasteiger partial charge in [0.05, 0.1) is 23.7 Å². The molecule has 184 valence electrons. The van der Waals surface area contributed by atoms with Gasteiger partial charge in [0, 0.05) is 0 Å². The lowest BCUT2D eigenvalue weighted by atomic mass is 10.0. The molecule has 3 aromatic carbocycles. The summed E-state index contributed by atoms with van der Waals surface area (Å²) in [5.41, 5.74) is 2.47. The Kier molecular flexibility index (Phi) is 7.31. The van der Waals surface area contributed by atoms with Crippen LogP contribution in [-0.2, 0) is 14.8 Å². The Balaban J connectivity index is 1.45. The predicted octanol–water partition coefficient (Wildman–Crippen LogP) is 4.27. The van der Waals surface area contributed by atoms with Crippen LogP contribution in [0.25, 0.3) is 0 Å². The summed E-state index contributed by atoms with van der Waals surface area (Å²) >= 11 is 0. The molecule has 0 aliphatic carbocycles. The molecule has 0 unspecified atom stereocenters. The Morgan fingerprint density at radius 3 is 2.49 bits per heavy atom. The molecule has 1 aliphatic heterocycles. The average Bonchev–Trinajstić information content (AvgIpc) is 2.86. The van der Waals surface area contributed by atoms with E-state index in [-0.39, 0.29) is 24.6 Å². The first-order chi connectivity index (χ1) is 16.8. The van der Waals surface area contributed by atoms with E-state index in [1.807, 2.05) is 31.2 Å². The van der Waals surface area contributed by atoms with Gasteiger partial charge in [-0.3, -0.25) is 9.10 Å². The van der Waals surface area contributed by atoms with Crippen molar-refractivity contribution in [1.82, 2.24) is 5.32 Å². The number of nitrogens with one attached hydrogen (secondary N) is 1. The third-order valence-electron chi connectivity index (χ3n) is 5.84. The molecule has 0 aromatic heterocycles. The lowest BCUT2D eigenvalue weighted by molar-refractivity contribution is -0.127. The molecule has 1 N–H and O–H groups in total. The maximum Gasteiger partial charge on any atom is 0.264 e. The number of rotatable bonds is 8. The molecular weight excluding hydrogens is 464 g/mol. The lowest BCUT2D eigenvalue weighted by Crippen LogP contribution is -2.51. The molecule has 1 atom stereocenters. The van der Waals surface area contributed by atoms with E-state index in [2.05, 4.69) is 19.2 Å². The van der Waals surface area contributed by atoms with E-state index in [0.717, 1.165) is 16.9 Å². The fourth-order valence-electron chi connectivity index (χ4n) is 3.94. The van der Waals surface area contributed by atoms with E-state index >= 15 is 0 Å². The van der Waals surface area contributed by atoms with Crippen LogP contribution < -0.4 is 19.1 Å². The normalized spacial score (nSPS) is 15.3. The van der Waals surface area contributed by atoms with Crippen molar-refractivity contribution < 1.29 is 22.7 Å². The van der Waals surface area contributed by atoms with Crippen LogP contribution in [0.2, 0.25) is 0 Å². The van der Waals surface area contributed by atoms with Crippen molar-refractivity contribution in [2.24, 2.45) is 0 Å². The van der Waals surface area contributed by atoms with Crippen LogP contribution in [0.1, 0.15) is 30.9 Å². The first-order valence-electron chi connectivity index (χ1n) is 11.6.